The maximum Gasteiger partial charge on any atom is 0.239 e. The van der Waals surface area contributed by atoms with Crippen LogP contribution in [0.25, 0.3) is 0 Å². The van der Waals surface area contributed by atoms with Crippen molar-refractivity contribution < 1.29 is 14.0 Å². The molecule has 2 amide bonds. The third kappa shape index (κ3) is 4.77. The molecule has 0 aliphatic rings. The first-order chi connectivity index (χ1) is 10.5. The molecule has 2 N–H and O–H groups in total. The average molecular weight is 300 g/mol. The first-order valence-electron chi connectivity index (χ1n) is 7.21. The Hall–Kier alpha value is -2.56. The molecule has 2 aromatic rings. The number of carbonyl (C=O) groups is 2. The van der Waals surface area contributed by atoms with Crippen LogP contribution in [0.3, 0.4) is 0 Å². The van der Waals surface area contributed by atoms with Crippen LogP contribution in [-0.2, 0) is 16.0 Å². The maximum atomic E-state index is 11.8. The van der Waals surface area contributed by atoms with E-state index >= 15 is 0 Å². The molecule has 0 saturated carbocycles. The predicted octanol–water partition coefficient (Wildman–Crippen LogP) is 2.12. The van der Waals surface area contributed by atoms with Crippen LogP contribution in [0.5, 0.6) is 0 Å². The molecule has 1 heterocycles. The third-order valence-corrected chi connectivity index (χ3v) is 3.22. The largest absolute Gasteiger partial charge is 0.464 e. The second kappa shape index (κ2) is 7.45. The van der Waals surface area contributed by atoms with Crippen molar-refractivity contribution in [2.24, 2.45) is 0 Å². The fourth-order valence-electron chi connectivity index (χ4n) is 2.07. The first kappa shape index (κ1) is 15.8. The van der Waals surface area contributed by atoms with E-state index in [0.29, 0.717) is 5.76 Å². The number of aryl methyl sites for hydroxylation is 1. The Morgan fingerprint density at radius 2 is 1.82 bits per heavy atom. The van der Waals surface area contributed by atoms with Gasteiger partial charge in [-0.25, -0.2) is 0 Å². The van der Waals surface area contributed by atoms with Crippen LogP contribution >= 0.6 is 0 Å². The minimum absolute atomic E-state index is 0.0459. The minimum atomic E-state index is -0.247. The predicted molar refractivity (Wildman–Crippen MR) is 83.2 cm³/mol. The van der Waals surface area contributed by atoms with E-state index in [-0.39, 0.29) is 30.8 Å². The Kier molecular flexibility index (Phi) is 5.36. The standard InChI is InChI=1S/C17H20N2O3/c1-12-8-9-15(22-12)13(2)19-17(21)11-18-16(20)10-14-6-4-3-5-7-14/h3-9,13H,10-11H2,1-2H3,(H,18,20)(H,19,21). The van der Waals surface area contributed by atoms with Crippen molar-refractivity contribution in [3.05, 3.63) is 59.5 Å². The Morgan fingerprint density at radius 3 is 2.45 bits per heavy atom. The van der Waals surface area contributed by atoms with Crippen molar-refractivity contribution in [2.75, 3.05) is 6.54 Å². The van der Waals surface area contributed by atoms with Gasteiger partial charge in [-0.2, -0.15) is 0 Å². The van der Waals surface area contributed by atoms with E-state index in [4.69, 9.17) is 4.42 Å². The van der Waals surface area contributed by atoms with Crippen molar-refractivity contribution in [3.63, 3.8) is 0 Å². The van der Waals surface area contributed by atoms with Gasteiger partial charge in [0.05, 0.1) is 19.0 Å². The number of benzene rings is 1. The zero-order valence-electron chi connectivity index (χ0n) is 12.8. The lowest BCUT2D eigenvalue weighted by molar-refractivity contribution is -0.126. The smallest absolute Gasteiger partial charge is 0.239 e. The molecule has 0 spiro atoms. The summed E-state index contributed by atoms with van der Waals surface area (Å²) < 4.78 is 5.45. The van der Waals surface area contributed by atoms with Gasteiger partial charge in [0.25, 0.3) is 0 Å². The lowest BCUT2D eigenvalue weighted by atomic mass is 10.1. The molecule has 5 heteroatoms. The van der Waals surface area contributed by atoms with Crippen LogP contribution in [-0.4, -0.2) is 18.4 Å². The van der Waals surface area contributed by atoms with Gasteiger partial charge in [0.2, 0.25) is 11.8 Å². The van der Waals surface area contributed by atoms with Crippen LogP contribution in [0.15, 0.2) is 46.9 Å². The molecule has 1 aromatic carbocycles. The lowest BCUT2D eigenvalue weighted by Gasteiger charge is -2.12. The SMILES string of the molecule is Cc1ccc(C(C)NC(=O)CNC(=O)Cc2ccccc2)o1. The highest BCUT2D eigenvalue weighted by Gasteiger charge is 2.13. The summed E-state index contributed by atoms with van der Waals surface area (Å²) >= 11 is 0. The number of hydrogen-bond donors (Lipinski definition) is 2. The van der Waals surface area contributed by atoms with E-state index in [1.54, 1.807) is 0 Å². The number of furan rings is 1. The molecule has 1 atom stereocenters. The molecular formula is C17H20N2O3. The molecule has 0 aliphatic heterocycles. The van der Waals surface area contributed by atoms with Crippen molar-refractivity contribution in [1.82, 2.24) is 10.6 Å². The van der Waals surface area contributed by atoms with Gasteiger partial charge in [-0.15, -0.1) is 0 Å². The minimum Gasteiger partial charge on any atom is -0.464 e. The number of amides is 2. The monoisotopic (exact) mass is 300 g/mol. The zero-order chi connectivity index (χ0) is 15.9. The van der Waals surface area contributed by atoms with Crippen molar-refractivity contribution in [3.8, 4) is 0 Å². The number of nitrogens with one attached hydrogen (secondary N) is 2. The molecule has 0 fully saturated rings. The summed E-state index contributed by atoms with van der Waals surface area (Å²) in [6.45, 7) is 3.64. The van der Waals surface area contributed by atoms with E-state index in [0.717, 1.165) is 11.3 Å². The highest BCUT2D eigenvalue weighted by molar-refractivity contribution is 5.85. The molecule has 22 heavy (non-hydrogen) atoms. The van der Waals surface area contributed by atoms with Crippen molar-refractivity contribution in [2.45, 2.75) is 26.3 Å². The van der Waals surface area contributed by atoms with Crippen LogP contribution < -0.4 is 10.6 Å². The van der Waals surface area contributed by atoms with Gasteiger partial charge in [0.15, 0.2) is 0 Å². The number of rotatable bonds is 6. The van der Waals surface area contributed by atoms with Crippen LogP contribution in [0.2, 0.25) is 0 Å². The second-order valence-corrected chi connectivity index (χ2v) is 5.18. The topological polar surface area (TPSA) is 71.3 Å². The van der Waals surface area contributed by atoms with Gasteiger partial charge in [-0.3, -0.25) is 9.59 Å². The van der Waals surface area contributed by atoms with Gasteiger partial charge < -0.3 is 15.1 Å². The molecule has 0 aliphatic carbocycles. The van der Waals surface area contributed by atoms with Crippen molar-refractivity contribution >= 4 is 11.8 Å². The molecule has 1 aromatic heterocycles. The van der Waals surface area contributed by atoms with Crippen LogP contribution in [0, 0.1) is 6.92 Å². The summed E-state index contributed by atoms with van der Waals surface area (Å²) in [4.78, 5) is 23.6. The Bertz CT molecular complexity index is 634. The maximum absolute atomic E-state index is 11.8. The summed E-state index contributed by atoms with van der Waals surface area (Å²) in [6, 6.07) is 12.8. The van der Waals surface area contributed by atoms with E-state index < -0.39 is 0 Å². The molecular weight excluding hydrogens is 280 g/mol. The van der Waals surface area contributed by atoms with Gasteiger partial charge >= 0.3 is 0 Å². The Balaban J connectivity index is 1.74. The summed E-state index contributed by atoms with van der Waals surface area (Å²) in [5.74, 6) is 1.07. The summed E-state index contributed by atoms with van der Waals surface area (Å²) in [6.07, 6.45) is 0.265. The summed E-state index contributed by atoms with van der Waals surface area (Å²) in [5.41, 5.74) is 0.917. The Morgan fingerprint density at radius 1 is 1.09 bits per heavy atom. The van der Waals surface area contributed by atoms with Gasteiger partial charge in [0.1, 0.15) is 11.5 Å². The molecule has 2 rings (SSSR count). The first-order valence-corrected chi connectivity index (χ1v) is 7.21. The van der Waals surface area contributed by atoms with Gasteiger partial charge in [-0.05, 0) is 31.5 Å². The van der Waals surface area contributed by atoms with E-state index in [2.05, 4.69) is 10.6 Å². The molecule has 1 unspecified atom stereocenters. The van der Waals surface area contributed by atoms with E-state index in [1.165, 1.54) is 0 Å². The van der Waals surface area contributed by atoms with Gasteiger partial charge in [0, 0.05) is 0 Å². The average Bonchev–Trinajstić information content (AvgIpc) is 2.93. The molecule has 0 bridgehead atoms. The molecule has 0 radical (unpaired) electrons. The van der Waals surface area contributed by atoms with E-state index in [9.17, 15) is 9.59 Å². The molecule has 5 nitrogen and oxygen atoms in total. The fraction of sp³-hybridized carbons (Fsp3) is 0.294. The molecule has 116 valence electrons. The highest BCUT2D eigenvalue weighted by Crippen LogP contribution is 2.15. The van der Waals surface area contributed by atoms with Gasteiger partial charge in [-0.1, -0.05) is 30.3 Å². The molecule has 0 saturated heterocycles. The van der Waals surface area contributed by atoms with Crippen LogP contribution in [0.4, 0.5) is 0 Å². The fourth-order valence-corrected chi connectivity index (χ4v) is 2.07. The third-order valence-electron chi connectivity index (χ3n) is 3.22. The lowest BCUT2D eigenvalue weighted by Crippen LogP contribution is -2.38. The van der Waals surface area contributed by atoms with Crippen molar-refractivity contribution in [1.29, 1.82) is 0 Å². The zero-order valence-corrected chi connectivity index (χ0v) is 12.8. The van der Waals surface area contributed by atoms with Crippen LogP contribution in [0.1, 0.15) is 30.0 Å². The quantitative estimate of drug-likeness (QED) is 0.858. The number of hydrogen-bond acceptors (Lipinski definition) is 3. The summed E-state index contributed by atoms with van der Waals surface area (Å²) in [7, 11) is 0. The Labute approximate surface area is 129 Å². The highest BCUT2D eigenvalue weighted by atomic mass is 16.3. The normalized spacial score (nSPS) is 11.7. The van der Waals surface area contributed by atoms with E-state index in [1.807, 2.05) is 56.3 Å². The number of carbonyl (C=O) groups excluding carboxylic acids is 2. The summed E-state index contributed by atoms with van der Waals surface area (Å²) in [5, 5.41) is 5.39. The second-order valence-electron chi connectivity index (χ2n) is 5.18.